The Hall–Kier alpha value is -2.91. The first kappa shape index (κ1) is 26.2. The molecule has 0 bridgehead atoms. The Morgan fingerprint density at radius 3 is 2.78 bits per heavy atom. The number of nitrogens with zero attached hydrogens (tertiary/aromatic N) is 4. The topological polar surface area (TPSA) is 53.8 Å². The normalized spacial score (nSPS) is 14.7. The average molecular weight is 497 g/mol. The SMILES string of the molecule is C=CCOCC(O)CN(CC)Cc1nn(-c2ccccc2)c2c1CN(Cc1cc(F)ccc1F)CC2. The van der Waals surface area contributed by atoms with Gasteiger partial charge in [0.15, 0.2) is 0 Å². The van der Waals surface area contributed by atoms with E-state index >= 15 is 0 Å². The summed E-state index contributed by atoms with van der Waals surface area (Å²) in [7, 11) is 0. The molecule has 0 amide bonds. The summed E-state index contributed by atoms with van der Waals surface area (Å²) < 4.78 is 35.5. The quantitative estimate of drug-likeness (QED) is 0.302. The molecule has 1 aliphatic rings. The first-order chi connectivity index (χ1) is 17.5. The molecule has 0 fully saturated rings. The molecule has 1 atom stereocenters. The molecule has 1 unspecified atom stereocenters. The number of ether oxygens (including phenoxy) is 1. The van der Waals surface area contributed by atoms with Gasteiger partial charge in [0.1, 0.15) is 11.6 Å². The van der Waals surface area contributed by atoms with Crippen molar-refractivity contribution < 1.29 is 18.6 Å². The van der Waals surface area contributed by atoms with Crippen LogP contribution in [0.25, 0.3) is 5.69 Å². The van der Waals surface area contributed by atoms with Gasteiger partial charge in [0.25, 0.3) is 0 Å². The molecule has 36 heavy (non-hydrogen) atoms. The van der Waals surface area contributed by atoms with Crippen LogP contribution in [0.4, 0.5) is 8.78 Å². The Bertz CT molecular complexity index is 1150. The number of aliphatic hydroxyl groups excluding tert-OH is 1. The molecule has 4 rings (SSSR count). The minimum Gasteiger partial charge on any atom is -0.389 e. The average Bonchev–Trinajstić information content (AvgIpc) is 3.24. The van der Waals surface area contributed by atoms with Gasteiger partial charge in [-0.05, 0) is 36.9 Å². The number of halogens is 2. The van der Waals surface area contributed by atoms with Crippen LogP contribution in [0.5, 0.6) is 0 Å². The molecule has 0 spiro atoms. The molecule has 3 aromatic rings. The van der Waals surface area contributed by atoms with Crippen LogP contribution in [0, 0.1) is 11.6 Å². The molecule has 2 heterocycles. The van der Waals surface area contributed by atoms with E-state index in [2.05, 4.69) is 23.3 Å². The summed E-state index contributed by atoms with van der Waals surface area (Å²) in [5.74, 6) is -0.830. The lowest BCUT2D eigenvalue weighted by molar-refractivity contribution is 0.0253. The minimum atomic E-state index is -0.621. The largest absolute Gasteiger partial charge is 0.389 e. The van der Waals surface area contributed by atoms with Crippen molar-refractivity contribution >= 4 is 0 Å². The molecule has 0 saturated heterocycles. The van der Waals surface area contributed by atoms with Crippen LogP contribution in [-0.2, 0) is 30.8 Å². The van der Waals surface area contributed by atoms with Gasteiger partial charge in [-0.2, -0.15) is 5.10 Å². The van der Waals surface area contributed by atoms with Gasteiger partial charge < -0.3 is 9.84 Å². The van der Waals surface area contributed by atoms with Crippen LogP contribution in [0.3, 0.4) is 0 Å². The van der Waals surface area contributed by atoms with E-state index < -0.39 is 17.7 Å². The second-order valence-electron chi connectivity index (χ2n) is 9.12. The zero-order valence-electron chi connectivity index (χ0n) is 20.7. The maximum atomic E-state index is 14.3. The highest BCUT2D eigenvalue weighted by Crippen LogP contribution is 2.28. The number of fused-ring (bicyclic) bond motifs is 1. The van der Waals surface area contributed by atoms with Crippen molar-refractivity contribution in [3.05, 3.63) is 95.3 Å². The van der Waals surface area contributed by atoms with Crippen LogP contribution in [0.15, 0.2) is 61.2 Å². The lowest BCUT2D eigenvalue weighted by Gasteiger charge is -2.29. The lowest BCUT2D eigenvalue weighted by Crippen LogP contribution is -2.35. The molecule has 192 valence electrons. The molecule has 2 aromatic carbocycles. The molecular weight excluding hydrogens is 462 g/mol. The summed E-state index contributed by atoms with van der Waals surface area (Å²) in [6.07, 6.45) is 1.79. The monoisotopic (exact) mass is 496 g/mol. The predicted molar refractivity (Wildman–Crippen MR) is 136 cm³/mol. The fraction of sp³-hybridized carbons (Fsp3) is 0.393. The van der Waals surface area contributed by atoms with Gasteiger partial charge in [0.05, 0.1) is 36.4 Å². The summed E-state index contributed by atoms with van der Waals surface area (Å²) in [5.41, 5.74) is 4.52. The Morgan fingerprint density at radius 2 is 2.03 bits per heavy atom. The molecule has 6 nitrogen and oxygen atoms in total. The van der Waals surface area contributed by atoms with Crippen molar-refractivity contribution in [2.24, 2.45) is 0 Å². The van der Waals surface area contributed by atoms with Crippen LogP contribution < -0.4 is 0 Å². The molecule has 8 heteroatoms. The van der Waals surface area contributed by atoms with Gasteiger partial charge in [0.2, 0.25) is 0 Å². The van der Waals surface area contributed by atoms with E-state index in [9.17, 15) is 13.9 Å². The summed E-state index contributed by atoms with van der Waals surface area (Å²) >= 11 is 0. The zero-order valence-corrected chi connectivity index (χ0v) is 20.7. The van der Waals surface area contributed by atoms with Crippen LogP contribution in [0.1, 0.15) is 29.4 Å². The number of aliphatic hydroxyl groups is 1. The minimum absolute atomic E-state index is 0.242. The van der Waals surface area contributed by atoms with Crippen molar-refractivity contribution in [2.75, 3.05) is 32.8 Å². The Kier molecular flexibility index (Phi) is 8.98. The summed E-state index contributed by atoms with van der Waals surface area (Å²) in [6, 6.07) is 13.6. The maximum Gasteiger partial charge on any atom is 0.127 e. The fourth-order valence-electron chi connectivity index (χ4n) is 4.65. The number of rotatable bonds is 12. The van der Waals surface area contributed by atoms with E-state index in [0.717, 1.165) is 48.2 Å². The van der Waals surface area contributed by atoms with E-state index in [1.54, 1.807) is 6.08 Å². The number of likely N-dealkylation sites (N-methyl/N-ethyl adjacent to an activating group) is 1. The van der Waals surface area contributed by atoms with E-state index in [4.69, 9.17) is 9.84 Å². The number of hydrogen-bond donors (Lipinski definition) is 1. The molecule has 1 aromatic heterocycles. The predicted octanol–water partition coefficient (Wildman–Crippen LogP) is 4.09. The van der Waals surface area contributed by atoms with Crippen molar-refractivity contribution in [1.82, 2.24) is 19.6 Å². The summed E-state index contributed by atoms with van der Waals surface area (Å²) in [4.78, 5) is 4.28. The third kappa shape index (κ3) is 6.44. The highest BCUT2D eigenvalue weighted by atomic mass is 19.1. The van der Waals surface area contributed by atoms with Gasteiger partial charge in [-0.15, -0.1) is 6.58 Å². The first-order valence-electron chi connectivity index (χ1n) is 12.4. The van der Waals surface area contributed by atoms with E-state index in [-0.39, 0.29) is 6.61 Å². The Balaban J connectivity index is 1.57. The van der Waals surface area contributed by atoms with Gasteiger partial charge in [-0.25, -0.2) is 13.5 Å². The summed E-state index contributed by atoms with van der Waals surface area (Å²) in [5, 5.41) is 15.4. The second-order valence-corrected chi connectivity index (χ2v) is 9.12. The van der Waals surface area contributed by atoms with Gasteiger partial charge in [0, 0.05) is 50.3 Å². The molecule has 0 radical (unpaired) electrons. The van der Waals surface area contributed by atoms with Crippen molar-refractivity contribution in [3.8, 4) is 5.69 Å². The fourth-order valence-corrected chi connectivity index (χ4v) is 4.65. The van der Waals surface area contributed by atoms with E-state index in [1.165, 1.54) is 12.1 Å². The first-order valence-corrected chi connectivity index (χ1v) is 12.4. The highest BCUT2D eigenvalue weighted by molar-refractivity contribution is 5.39. The van der Waals surface area contributed by atoms with Gasteiger partial charge >= 0.3 is 0 Å². The maximum absolute atomic E-state index is 14.3. The van der Waals surface area contributed by atoms with E-state index in [0.29, 0.717) is 38.3 Å². The van der Waals surface area contributed by atoms with Crippen molar-refractivity contribution in [2.45, 2.75) is 39.1 Å². The number of aromatic nitrogens is 2. The van der Waals surface area contributed by atoms with Gasteiger partial charge in [-0.1, -0.05) is 31.2 Å². The second kappa shape index (κ2) is 12.4. The smallest absolute Gasteiger partial charge is 0.127 e. The Morgan fingerprint density at radius 1 is 1.22 bits per heavy atom. The van der Waals surface area contributed by atoms with Crippen LogP contribution >= 0.6 is 0 Å². The van der Waals surface area contributed by atoms with Gasteiger partial charge in [-0.3, -0.25) is 9.80 Å². The molecular formula is C28H34F2N4O2. The highest BCUT2D eigenvalue weighted by Gasteiger charge is 2.27. The number of hydrogen-bond acceptors (Lipinski definition) is 5. The van der Waals surface area contributed by atoms with Crippen molar-refractivity contribution in [1.29, 1.82) is 0 Å². The van der Waals surface area contributed by atoms with Crippen LogP contribution in [-0.4, -0.2) is 63.6 Å². The third-order valence-corrected chi connectivity index (χ3v) is 6.46. The molecule has 0 aliphatic carbocycles. The molecule has 1 N–H and O–H groups in total. The van der Waals surface area contributed by atoms with Crippen molar-refractivity contribution in [3.63, 3.8) is 0 Å². The Labute approximate surface area is 211 Å². The number of para-hydroxylation sites is 1. The molecule has 1 aliphatic heterocycles. The summed E-state index contributed by atoms with van der Waals surface area (Å²) in [6.45, 7) is 9.73. The third-order valence-electron chi connectivity index (χ3n) is 6.46. The van der Waals surface area contributed by atoms with Crippen LogP contribution in [0.2, 0.25) is 0 Å². The van der Waals surface area contributed by atoms with E-state index in [1.807, 2.05) is 35.0 Å². The zero-order chi connectivity index (χ0) is 25.5. The standard InChI is InChI=1S/C28H34F2N4O2/c1-3-14-36-20-24(35)17-32(4-2)19-27-25-18-33(16-21-15-22(29)10-11-26(21)30)13-12-28(25)34(31-27)23-8-6-5-7-9-23/h3,5-11,15,24,35H,1,4,12-14,16-20H2,2H3. The lowest BCUT2D eigenvalue weighted by atomic mass is 10.0. The molecule has 0 saturated carbocycles. The number of benzene rings is 2.